The summed E-state index contributed by atoms with van der Waals surface area (Å²) in [5, 5.41) is 0. The lowest BCUT2D eigenvalue weighted by Gasteiger charge is -2.10. The maximum absolute atomic E-state index is 12.5. The van der Waals surface area contributed by atoms with E-state index in [4.69, 9.17) is 5.73 Å². The zero-order chi connectivity index (χ0) is 14.9. The van der Waals surface area contributed by atoms with E-state index in [0.717, 1.165) is 11.8 Å². The van der Waals surface area contributed by atoms with Crippen molar-refractivity contribution in [1.29, 1.82) is 0 Å². The molecule has 20 heavy (non-hydrogen) atoms. The first kappa shape index (κ1) is 14.3. The summed E-state index contributed by atoms with van der Waals surface area (Å²) in [4.78, 5) is 12.6. The number of sulfone groups is 1. The van der Waals surface area contributed by atoms with Crippen molar-refractivity contribution in [3.05, 3.63) is 59.2 Å². The second-order valence-electron chi connectivity index (χ2n) is 4.69. The number of ketones is 1. The van der Waals surface area contributed by atoms with Crippen LogP contribution in [0.2, 0.25) is 0 Å². The Balaban J connectivity index is 2.67. The normalized spacial score (nSPS) is 11.3. The molecule has 0 unspecified atom stereocenters. The molecule has 2 N–H and O–H groups in total. The Kier molecular flexibility index (Phi) is 3.63. The monoisotopic (exact) mass is 289 g/mol. The van der Waals surface area contributed by atoms with E-state index in [0.29, 0.717) is 11.3 Å². The highest BCUT2D eigenvalue weighted by molar-refractivity contribution is 7.90. The quantitative estimate of drug-likeness (QED) is 0.694. The molecule has 0 atom stereocenters. The summed E-state index contributed by atoms with van der Waals surface area (Å²) in [7, 11) is -3.48. The Morgan fingerprint density at radius 2 is 1.70 bits per heavy atom. The van der Waals surface area contributed by atoms with Crippen molar-refractivity contribution in [2.75, 3.05) is 12.0 Å². The van der Waals surface area contributed by atoms with Crippen LogP contribution < -0.4 is 5.73 Å². The third kappa shape index (κ3) is 2.72. The van der Waals surface area contributed by atoms with Crippen LogP contribution in [0, 0.1) is 6.92 Å². The average molecular weight is 289 g/mol. The lowest BCUT2D eigenvalue weighted by atomic mass is 10.0. The highest BCUT2D eigenvalue weighted by Gasteiger charge is 2.21. The summed E-state index contributed by atoms with van der Waals surface area (Å²) in [6.45, 7) is 1.80. The largest absolute Gasteiger partial charge is 0.398 e. The van der Waals surface area contributed by atoms with Crippen LogP contribution in [0.15, 0.2) is 47.4 Å². The molecule has 0 aliphatic carbocycles. The van der Waals surface area contributed by atoms with Crippen LogP contribution in [0.25, 0.3) is 0 Å². The number of benzene rings is 2. The number of carbonyl (C=O) groups is 1. The second-order valence-corrected chi connectivity index (χ2v) is 6.67. The predicted molar refractivity (Wildman–Crippen MR) is 78.6 cm³/mol. The van der Waals surface area contributed by atoms with Crippen LogP contribution in [-0.4, -0.2) is 20.5 Å². The van der Waals surface area contributed by atoms with Crippen molar-refractivity contribution < 1.29 is 13.2 Å². The van der Waals surface area contributed by atoms with E-state index in [1.807, 2.05) is 0 Å². The molecule has 104 valence electrons. The molecule has 0 heterocycles. The van der Waals surface area contributed by atoms with Crippen LogP contribution in [0.1, 0.15) is 21.5 Å². The number of hydrogen-bond acceptors (Lipinski definition) is 4. The summed E-state index contributed by atoms with van der Waals surface area (Å²) in [5.41, 5.74) is 7.40. The van der Waals surface area contributed by atoms with Gasteiger partial charge in [0.25, 0.3) is 0 Å². The molecule has 0 fully saturated rings. The van der Waals surface area contributed by atoms with Gasteiger partial charge in [-0.15, -0.1) is 0 Å². The Bertz CT molecular complexity index is 779. The van der Waals surface area contributed by atoms with Gasteiger partial charge in [0.15, 0.2) is 15.6 Å². The molecule has 0 aliphatic rings. The maximum atomic E-state index is 12.5. The number of anilines is 1. The summed E-state index contributed by atoms with van der Waals surface area (Å²) in [5.74, 6) is -0.382. The van der Waals surface area contributed by atoms with Gasteiger partial charge >= 0.3 is 0 Å². The minimum absolute atomic E-state index is 0.0244. The molecular weight excluding hydrogens is 274 g/mol. The van der Waals surface area contributed by atoms with Gasteiger partial charge in [-0.2, -0.15) is 0 Å². The van der Waals surface area contributed by atoms with E-state index in [-0.39, 0.29) is 16.2 Å². The van der Waals surface area contributed by atoms with Gasteiger partial charge < -0.3 is 5.73 Å². The standard InChI is InChI=1S/C15H15NO3S/c1-10-7-8-14(20(2,18)19)12(9-10)15(17)11-5-3-4-6-13(11)16/h3-9H,16H2,1-2H3. The first-order chi connectivity index (χ1) is 9.30. The highest BCUT2D eigenvalue weighted by atomic mass is 32.2. The van der Waals surface area contributed by atoms with Crippen molar-refractivity contribution in [2.24, 2.45) is 0 Å². The number of rotatable bonds is 3. The fraction of sp³-hybridized carbons (Fsp3) is 0.133. The fourth-order valence-electron chi connectivity index (χ4n) is 1.99. The van der Waals surface area contributed by atoms with Crippen molar-refractivity contribution in [3.63, 3.8) is 0 Å². The maximum Gasteiger partial charge on any atom is 0.196 e. The van der Waals surface area contributed by atoms with Gasteiger partial charge in [0.2, 0.25) is 0 Å². The second kappa shape index (κ2) is 5.09. The van der Waals surface area contributed by atoms with Crippen LogP contribution in [-0.2, 0) is 9.84 Å². The van der Waals surface area contributed by atoms with Gasteiger partial charge in [0.05, 0.1) is 4.90 Å². The highest BCUT2D eigenvalue weighted by Crippen LogP contribution is 2.23. The first-order valence-electron chi connectivity index (χ1n) is 6.00. The molecule has 4 nitrogen and oxygen atoms in total. The predicted octanol–water partition coefficient (Wildman–Crippen LogP) is 2.21. The molecule has 5 heteroatoms. The van der Waals surface area contributed by atoms with Crippen molar-refractivity contribution >= 4 is 21.3 Å². The molecule has 0 amide bonds. The molecule has 0 saturated carbocycles. The molecule has 2 aromatic carbocycles. The number of nitrogen functional groups attached to an aromatic ring is 1. The molecule has 2 aromatic rings. The van der Waals surface area contributed by atoms with Crippen molar-refractivity contribution in [1.82, 2.24) is 0 Å². The zero-order valence-electron chi connectivity index (χ0n) is 11.3. The van der Waals surface area contributed by atoms with Gasteiger partial charge in [0.1, 0.15) is 0 Å². The summed E-state index contributed by atoms with van der Waals surface area (Å²) < 4.78 is 23.6. The number of hydrogen-bond donors (Lipinski definition) is 1. The average Bonchev–Trinajstić information content (AvgIpc) is 2.37. The van der Waals surface area contributed by atoms with E-state index >= 15 is 0 Å². The number of para-hydroxylation sites is 1. The van der Waals surface area contributed by atoms with Crippen LogP contribution in [0.3, 0.4) is 0 Å². The first-order valence-corrected chi connectivity index (χ1v) is 7.90. The van der Waals surface area contributed by atoms with Gasteiger partial charge in [-0.05, 0) is 31.2 Å². The van der Waals surface area contributed by atoms with E-state index in [9.17, 15) is 13.2 Å². The van der Waals surface area contributed by atoms with Gasteiger partial charge in [-0.3, -0.25) is 4.79 Å². The fourth-order valence-corrected chi connectivity index (χ4v) is 2.86. The van der Waals surface area contributed by atoms with Crippen molar-refractivity contribution in [3.8, 4) is 0 Å². The van der Waals surface area contributed by atoms with Gasteiger partial charge in [-0.25, -0.2) is 8.42 Å². The summed E-state index contributed by atoms with van der Waals surface area (Å²) >= 11 is 0. The molecule has 0 bridgehead atoms. The molecule has 2 rings (SSSR count). The lowest BCUT2D eigenvalue weighted by Crippen LogP contribution is -2.11. The minimum Gasteiger partial charge on any atom is -0.398 e. The van der Waals surface area contributed by atoms with E-state index in [2.05, 4.69) is 0 Å². The lowest BCUT2D eigenvalue weighted by molar-refractivity contribution is 0.103. The van der Waals surface area contributed by atoms with E-state index in [1.54, 1.807) is 43.3 Å². The Labute approximate surface area is 118 Å². The molecular formula is C15H15NO3S. The summed E-state index contributed by atoms with van der Waals surface area (Å²) in [6.07, 6.45) is 1.09. The Hall–Kier alpha value is -2.14. The van der Waals surface area contributed by atoms with E-state index in [1.165, 1.54) is 6.07 Å². The van der Waals surface area contributed by atoms with Crippen LogP contribution in [0.4, 0.5) is 5.69 Å². The van der Waals surface area contributed by atoms with Crippen LogP contribution >= 0.6 is 0 Å². The third-order valence-electron chi connectivity index (χ3n) is 2.98. The molecule has 0 saturated heterocycles. The van der Waals surface area contributed by atoms with E-state index < -0.39 is 9.84 Å². The van der Waals surface area contributed by atoms with Gasteiger partial charge in [-0.1, -0.05) is 23.8 Å². The molecule has 0 aliphatic heterocycles. The summed E-state index contributed by atoms with van der Waals surface area (Å²) in [6, 6.07) is 11.3. The van der Waals surface area contributed by atoms with Crippen LogP contribution in [0.5, 0.6) is 0 Å². The number of aryl methyl sites for hydroxylation is 1. The topological polar surface area (TPSA) is 77.2 Å². The SMILES string of the molecule is Cc1ccc(S(C)(=O)=O)c(C(=O)c2ccccc2N)c1. The van der Waals surface area contributed by atoms with Crippen molar-refractivity contribution in [2.45, 2.75) is 11.8 Å². The smallest absolute Gasteiger partial charge is 0.196 e. The zero-order valence-corrected chi connectivity index (χ0v) is 12.1. The molecule has 0 radical (unpaired) electrons. The number of carbonyl (C=O) groups excluding carboxylic acids is 1. The Morgan fingerprint density at radius 1 is 1.05 bits per heavy atom. The van der Waals surface area contributed by atoms with Gasteiger partial charge in [0, 0.05) is 23.1 Å². The third-order valence-corrected chi connectivity index (χ3v) is 4.14. The minimum atomic E-state index is -3.48. The Morgan fingerprint density at radius 3 is 2.30 bits per heavy atom. The molecule has 0 aromatic heterocycles. The molecule has 0 spiro atoms. The number of nitrogens with two attached hydrogens (primary N) is 1.